The predicted octanol–water partition coefficient (Wildman–Crippen LogP) is 2.55. The Morgan fingerprint density at radius 2 is 1.78 bits per heavy atom. The molecule has 0 spiro atoms. The topological polar surface area (TPSA) is 61.9 Å². The van der Waals surface area contributed by atoms with Crippen LogP contribution < -0.4 is 13.9 Å². The first kappa shape index (κ1) is 18.1. The van der Waals surface area contributed by atoms with E-state index in [-0.39, 0.29) is 18.3 Å². The highest BCUT2D eigenvalue weighted by atomic mass is 32.2. The Bertz CT molecular complexity index is 928. The van der Waals surface area contributed by atoms with Crippen molar-refractivity contribution >= 4 is 27.3 Å². The molecule has 4 rings (SSSR count). The summed E-state index contributed by atoms with van der Waals surface area (Å²) in [5, 5.41) is 3.20. The maximum absolute atomic E-state index is 14.4. The molecule has 2 aliphatic rings. The monoisotopic (exact) mass is 395 g/mol. The minimum absolute atomic E-state index is 0.111. The van der Waals surface area contributed by atoms with Gasteiger partial charge in [0.2, 0.25) is 0 Å². The summed E-state index contributed by atoms with van der Waals surface area (Å²) in [6.07, 6.45) is 0.356. The molecule has 0 aromatic heterocycles. The number of ether oxygens (including phenoxy) is 1. The van der Waals surface area contributed by atoms with Crippen LogP contribution >= 0.6 is 0 Å². The zero-order valence-electron chi connectivity index (χ0n) is 14.4. The van der Waals surface area contributed by atoms with Crippen molar-refractivity contribution in [3.05, 3.63) is 54.1 Å². The van der Waals surface area contributed by atoms with E-state index in [1.54, 1.807) is 18.2 Å². The summed E-state index contributed by atoms with van der Waals surface area (Å²) in [6.45, 7) is 2.13. The molecule has 0 radical (unpaired) electrons. The lowest BCUT2D eigenvalue weighted by Gasteiger charge is -2.27. The lowest BCUT2D eigenvalue weighted by Crippen LogP contribution is -2.42. The van der Waals surface area contributed by atoms with Crippen LogP contribution in [0, 0.1) is 11.6 Å². The van der Waals surface area contributed by atoms with Gasteiger partial charge in [-0.05, 0) is 30.7 Å². The zero-order valence-corrected chi connectivity index (χ0v) is 15.3. The first-order valence-corrected chi connectivity index (χ1v) is 10.1. The van der Waals surface area contributed by atoms with Crippen LogP contribution in [0.2, 0.25) is 0 Å². The van der Waals surface area contributed by atoms with E-state index in [9.17, 15) is 17.2 Å². The van der Waals surface area contributed by atoms with Crippen LogP contribution in [0.3, 0.4) is 0 Å². The molecule has 1 atom stereocenters. The molecule has 0 aliphatic carbocycles. The van der Waals surface area contributed by atoms with Gasteiger partial charge in [0.15, 0.2) is 11.6 Å². The van der Waals surface area contributed by atoms with Gasteiger partial charge in [-0.3, -0.25) is 4.31 Å². The summed E-state index contributed by atoms with van der Waals surface area (Å²) in [6, 6.07) is 9.79. The van der Waals surface area contributed by atoms with Crippen molar-refractivity contribution in [2.45, 2.75) is 12.5 Å². The molecule has 1 N–H and O–H groups in total. The number of nitrogens with zero attached hydrogens (tertiary/aromatic N) is 2. The van der Waals surface area contributed by atoms with Crippen LogP contribution in [0.25, 0.3) is 0 Å². The van der Waals surface area contributed by atoms with Crippen molar-refractivity contribution < 1.29 is 21.9 Å². The third-order valence-electron chi connectivity index (χ3n) is 4.68. The van der Waals surface area contributed by atoms with E-state index in [4.69, 9.17) is 4.74 Å². The number of hydrogen-bond donors (Lipinski definition) is 1. The summed E-state index contributed by atoms with van der Waals surface area (Å²) in [7, 11) is -4.18. The molecule has 0 bridgehead atoms. The summed E-state index contributed by atoms with van der Waals surface area (Å²) < 4.78 is 62.6. The fourth-order valence-electron chi connectivity index (χ4n) is 3.41. The van der Waals surface area contributed by atoms with E-state index < -0.39 is 27.5 Å². The first-order chi connectivity index (χ1) is 13.0. The SMILES string of the molecule is O=S1(=O)N(CCC2CNCCO2)c2ccccc2N1c1c(F)cccc1F. The van der Waals surface area contributed by atoms with E-state index in [0.717, 1.165) is 23.0 Å². The van der Waals surface area contributed by atoms with Gasteiger partial charge in [0.25, 0.3) is 0 Å². The number of morpholine rings is 1. The summed E-state index contributed by atoms with van der Waals surface area (Å²) >= 11 is 0. The van der Waals surface area contributed by atoms with Crippen molar-refractivity contribution in [2.24, 2.45) is 0 Å². The summed E-state index contributed by atoms with van der Waals surface area (Å²) in [4.78, 5) is 0. The molecule has 2 aromatic rings. The predicted molar refractivity (Wildman–Crippen MR) is 98.4 cm³/mol. The average Bonchev–Trinajstić information content (AvgIpc) is 2.88. The Labute approximate surface area is 156 Å². The molecule has 27 heavy (non-hydrogen) atoms. The van der Waals surface area contributed by atoms with E-state index >= 15 is 0 Å². The van der Waals surface area contributed by atoms with E-state index in [1.165, 1.54) is 16.4 Å². The van der Waals surface area contributed by atoms with Crippen molar-refractivity contribution in [3.8, 4) is 0 Å². The lowest BCUT2D eigenvalue weighted by molar-refractivity contribution is 0.0254. The molecule has 0 amide bonds. The molecule has 6 nitrogen and oxygen atoms in total. The number of para-hydroxylation sites is 3. The zero-order chi connectivity index (χ0) is 19.0. The van der Waals surface area contributed by atoms with Crippen molar-refractivity contribution in [3.63, 3.8) is 0 Å². The van der Waals surface area contributed by atoms with Crippen LogP contribution in [0.1, 0.15) is 6.42 Å². The third-order valence-corrected chi connectivity index (χ3v) is 6.45. The number of halogens is 2. The molecular formula is C18H19F2N3O3S. The highest BCUT2D eigenvalue weighted by molar-refractivity contribution is 7.95. The number of anilines is 3. The highest BCUT2D eigenvalue weighted by Gasteiger charge is 2.43. The standard InChI is InChI=1S/C18H19F2N3O3S/c19-14-4-3-5-15(20)18(14)23-17-7-2-1-6-16(17)22(27(23,24)25)10-8-13-12-21-9-11-26-13/h1-7,13,21H,8-12H2. The Morgan fingerprint density at radius 1 is 1.07 bits per heavy atom. The second-order valence-corrected chi connectivity index (χ2v) is 8.09. The van der Waals surface area contributed by atoms with Crippen LogP contribution in [0.4, 0.5) is 25.8 Å². The van der Waals surface area contributed by atoms with Crippen LogP contribution in [0.15, 0.2) is 42.5 Å². The second kappa shape index (κ2) is 7.06. The molecule has 0 saturated carbocycles. The van der Waals surface area contributed by atoms with E-state index in [0.29, 0.717) is 25.3 Å². The lowest BCUT2D eigenvalue weighted by atomic mass is 10.2. The molecule has 2 aliphatic heterocycles. The third kappa shape index (κ3) is 3.15. The van der Waals surface area contributed by atoms with Gasteiger partial charge in [-0.15, -0.1) is 0 Å². The fourth-order valence-corrected chi connectivity index (χ4v) is 5.16. The number of nitrogens with one attached hydrogen (secondary N) is 1. The maximum atomic E-state index is 14.4. The fraction of sp³-hybridized carbons (Fsp3) is 0.333. The Kier molecular flexibility index (Phi) is 4.75. The molecule has 9 heteroatoms. The van der Waals surface area contributed by atoms with Gasteiger partial charge >= 0.3 is 10.2 Å². The highest BCUT2D eigenvalue weighted by Crippen LogP contribution is 2.46. The van der Waals surface area contributed by atoms with E-state index in [2.05, 4.69) is 5.32 Å². The largest absolute Gasteiger partial charge is 0.376 e. The number of rotatable bonds is 4. The second-order valence-electron chi connectivity index (χ2n) is 6.39. The quantitative estimate of drug-likeness (QED) is 0.864. The smallest absolute Gasteiger partial charge is 0.331 e. The number of benzene rings is 2. The minimum Gasteiger partial charge on any atom is -0.376 e. The van der Waals surface area contributed by atoms with Gasteiger partial charge in [0, 0.05) is 19.6 Å². The molecule has 144 valence electrons. The van der Waals surface area contributed by atoms with Gasteiger partial charge < -0.3 is 10.1 Å². The number of fused-ring (bicyclic) bond motifs is 1. The van der Waals surface area contributed by atoms with Gasteiger partial charge in [0.1, 0.15) is 5.69 Å². The molecule has 2 aromatic carbocycles. The van der Waals surface area contributed by atoms with Gasteiger partial charge in [0.05, 0.1) is 24.1 Å². The average molecular weight is 395 g/mol. The van der Waals surface area contributed by atoms with E-state index in [1.807, 2.05) is 0 Å². The van der Waals surface area contributed by atoms with Gasteiger partial charge in [-0.25, -0.2) is 13.1 Å². The number of hydrogen-bond acceptors (Lipinski definition) is 4. The van der Waals surface area contributed by atoms with Crippen molar-refractivity contribution in [1.29, 1.82) is 0 Å². The Hall–Kier alpha value is -2.23. The maximum Gasteiger partial charge on any atom is 0.331 e. The normalized spacial score (nSPS) is 21.3. The first-order valence-electron chi connectivity index (χ1n) is 8.68. The molecule has 1 unspecified atom stereocenters. The summed E-state index contributed by atoms with van der Waals surface area (Å²) in [5.41, 5.74) is 0.0242. The van der Waals surface area contributed by atoms with Crippen LogP contribution in [-0.4, -0.2) is 40.8 Å². The van der Waals surface area contributed by atoms with Crippen molar-refractivity contribution in [1.82, 2.24) is 5.32 Å². The van der Waals surface area contributed by atoms with Crippen LogP contribution in [-0.2, 0) is 14.9 Å². The Morgan fingerprint density at radius 3 is 2.44 bits per heavy atom. The van der Waals surface area contributed by atoms with Crippen molar-refractivity contribution in [2.75, 3.05) is 34.9 Å². The minimum atomic E-state index is -4.18. The Balaban J connectivity index is 1.72. The van der Waals surface area contributed by atoms with Gasteiger partial charge in [-0.1, -0.05) is 18.2 Å². The van der Waals surface area contributed by atoms with Gasteiger partial charge in [-0.2, -0.15) is 8.42 Å². The molecule has 1 saturated heterocycles. The summed E-state index contributed by atoms with van der Waals surface area (Å²) in [5.74, 6) is -1.87. The molecular weight excluding hydrogens is 376 g/mol. The van der Waals surface area contributed by atoms with Crippen LogP contribution in [0.5, 0.6) is 0 Å². The molecule has 2 heterocycles. The molecule has 1 fully saturated rings.